The Morgan fingerprint density at radius 1 is 1.07 bits per heavy atom. The molecule has 0 fully saturated rings. The first-order valence-corrected chi connectivity index (χ1v) is 9.06. The summed E-state index contributed by atoms with van der Waals surface area (Å²) in [7, 11) is 4.98. The molecule has 3 rings (SSSR count). The van der Waals surface area contributed by atoms with E-state index in [1.807, 2.05) is 31.3 Å². The highest BCUT2D eigenvalue weighted by Crippen LogP contribution is 2.34. The van der Waals surface area contributed by atoms with Crippen molar-refractivity contribution in [3.05, 3.63) is 30.1 Å². The lowest BCUT2D eigenvalue weighted by Gasteiger charge is -2.19. The number of imidazole rings is 1. The highest BCUT2D eigenvalue weighted by Gasteiger charge is 2.22. The van der Waals surface area contributed by atoms with Crippen LogP contribution < -0.4 is 9.47 Å². The van der Waals surface area contributed by atoms with Gasteiger partial charge in [0.1, 0.15) is 5.52 Å². The number of ether oxygens (including phenoxy) is 3. The smallest absolute Gasteiger partial charge is 0.297 e. The molecule has 1 atom stereocenters. The zero-order chi connectivity index (χ0) is 19.4. The van der Waals surface area contributed by atoms with Crippen LogP contribution in [-0.2, 0) is 4.74 Å². The lowest BCUT2D eigenvalue weighted by atomic mass is 10.1. The fourth-order valence-corrected chi connectivity index (χ4v) is 3.37. The molecule has 0 aliphatic heterocycles. The molecule has 3 heterocycles. The van der Waals surface area contributed by atoms with Gasteiger partial charge in [-0.2, -0.15) is 4.98 Å². The number of methoxy groups -OCH3 is 3. The molecule has 0 bridgehead atoms. The minimum Gasteiger partial charge on any atom is -0.481 e. The molecule has 0 aliphatic carbocycles. The summed E-state index contributed by atoms with van der Waals surface area (Å²) in [6.07, 6.45) is 3.64. The van der Waals surface area contributed by atoms with Crippen LogP contribution in [0.15, 0.2) is 24.4 Å². The first-order valence-electron chi connectivity index (χ1n) is 9.06. The van der Waals surface area contributed by atoms with Crippen molar-refractivity contribution >= 4 is 11.0 Å². The van der Waals surface area contributed by atoms with E-state index >= 15 is 0 Å². The van der Waals surface area contributed by atoms with Crippen molar-refractivity contribution in [3.8, 4) is 23.1 Å². The van der Waals surface area contributed by atoms with E-state index in [-0.39, 0.29) is 6.04 Å². The number of rotatable bonds is 8. The molecule has 7 nitrogen and oxygen atoms in total. The average molecular weight is 370 g/mol. The summed E-state index contributed by atoms with van der Waals surface area (Å²) in [5.41, 5.74) is 4.36. The van der Waals surface area contributed by atoms with Crippen molar-refractivity contribution in [1.29, 1.82) is 0 Å². The van der Waals surface area contributed by atoms with E-state index in [4.69, 9.17) is 19.2 Å². The van der Waals surface area contributed by atoms with Crippen molar-refractivity contribution < 1.29 is 14.2 Å². The summed E-state index contributed by atoms with van der Waals surface area (Å²) < 4.78 is 18.2. The molecule has 0 aromatic carbocycles. The van der Waals surface area contributed by atoms with Crippen molar-refractivity contribution in [2.75, 3.05) is 27.9 Å². The second-order valence-corrected chi connectivity index (χ2v) is 6.33. The molecule has 0 spiro atoms. The maximum absolute atomic E-state index is 5.60. The van der Waals surface area contributed by atoms with Crippen LogP contribution in [0.4, 0.5) is 0 Å². The summed E-state index contributed by atoms with van der Waals surface area (Å²) in [6.45, 7) is 4.78. The minimum absolute atomic E-state index is 0.232. The molecule has 0 radical (unpaired) electrons. The van der Waals surface area contributed by atoms with Gasteiger partial charge < -0.3 is 14.2 Å². The van der Waals surface area contributed by atoms with Crippen LogP contribution in [0.5, 0.6) is 11.9 Å². The zero-order valence-corrected chi connectivity index (χ0v) is 16.5. The van der Waals surface area contributed by atoms with Gasteiger partial charge >= 0.3 is 0 Å². The Morgan fingerprint density at radius 2 is 1.89 bits per heavy atom. The monoisotopic (exact) mass is 370 g/mol. The predicted molar refractivity (Wildman–Crippen MR) is 104 cm³/mol. The van der Waals surface area contributed by atoms with Gasteiger partial charge in [-0.05, 0) is 31.9 Å². The molecule has 3 aromatic rings. The first-order chi connectivity index (χ1) is 13.1. The molecule has 27 heavy (non-hydrogen) atoms. The molecule has 0 N–H and O–H groups in total. The van der Waals surface area contributed by atoms with E-state index in [0.717, 1.165) is 40.8 Å². The van der Waals surface area contributed by atoms with Gasteiger partial charge in [0, 0.05) is 37.6 Å². The number of hydrogen-bond donors (Lipinski definition) is 0. The number of hydrogen-bond acceptors (Lipinski definition) is 6. The summed E-state index contributed by atoms with van der Waals surface area (Å²) in [4.78, 5) is 13.8. The summed E-state index contributed by atoms with van der Waals surface area (Å²) >= 11 is 0. The van der Waals surface area contributed by atoms with Gasteiger partial charge in [0.25, 0.3) is 6.01 Å². The second-order valence-electron chi connectivity index (χ2n) is 6.33. The topological polar surface area (TPSA) is 71.3 Å². The summed E-state index contributed by atoms with van der Waals surface area (Å²) in [5, 5.41) is 0. The zero-order valence-electron chi connectivity index (χ0n) is 16.5. The van der Waals surface area contributed by atoms with E-state index in [0.29, 0.717) is 18.5 Å². The van der Waals surface area contributed by atoms with Gasteiger partial charge in [0.2, 0.25) is 5.88 Å². The Balaban J connectivity index is 2.17. The second kappa shape index (κ2) is 8.35. The number of aryl methyl sites for hydroxylation is 1. The molecular formula is C20H26N4O3. The van der Waals surface area contributed by atoms with E-state index in [9.17, 15) is 0 Å². The summed E-state index contributed by atoms with van der Waals surface area (Å²) in [5.74, 6) is 0.581. The number of nitrogens with zero attached hydrogens (tertiary/aromatic N) is 4. The minimum atomic E-state index is 0.232. The quantitative estimate of drug-likeness (QED) is 0.600. The number of pyridine rings is 2. The number of fused-ring (bicyclic) bond motifs is 1. The molecule has 7 heteroatoms. The summed E-state index contributed by atoms with van der Waals surface area (Å²) in [6, 6.07) is 6.61. The molecule has 0 saturated carbocycles. The van der Waals surface area contributed by atoms with Crippen molar-refractivity contribution in [2.24, 2.45) is 0 Å². The highest BCUT2D eigenvalue weighted by atomic mass is 16.5. The maximum atomic E-state index is 5.60. The van der Waals surface area contributed by atoms with Crippen molar-refractivity contribution in [2.45, 2.75) is 32.7 Å². The molecule has 144 valence electrons. The SMILES string of the molecule is CCC(CCOC)n1c(OC)nc2c(-c3ccc(OC)nc3C)nccc21. The normalized spacial score (nSPS) is 12.3. The van der Waals surface area contributed by atoms with Gasteiger partial charge in [-0.15, -0.1) is 0 Å². The molecule has 0 amide bonds. The van der Waals surface area contributed by atoms with Crippen LogP contribution in [0.1, 0.15) is 31.5 Å². The van der Waals surface area contributed by atoms with E-state index in [1.54, 1.807) is 21.3 Å². The van der Waals surface area contributed by atoms with E-state index in [2.05, 4.69) is 21.5 Å². The average Bonchev–Trinajstić information content (AvgIpc) is 3.07. The fraction of sp³-hybridized carbons (Fsp3) is 0.450. The third-order valence-electron chi connectivity index (χ3n) is 4.77. The Morgan fingerprint density at radius 3 is 2.52 bits per heavy atom. The third-order valence-corrected chi connectivity index (χ3v) is 4.77. The Labute approximate surface area is 159 Å². The van der Waals surface area contributed by atoms with Gasteiger partial charge in [-0.25, -0.2) is 4.98 Å². The molecule has 1 unspecified atom stereocenters. The molecular weight excluding hydrogens is 344 g/mol. The number of aromatic nitrogens is 4. The van der Waals surface area contributed by atoms with Crippen molar-refractivity contribution in [1.82, 2.24) is 19.5 Å². The Kier molecular flexibility index (Phi) is 5.91. The van der Waals surface area contributed by atoms with Crippen LogP contribution in [0.3, 0.4) is 0 Å². The molecule has 0 saturated heterocycles. The lowest BCUT2D eigenvalue weighted by Crippen LogP contribution is -2.12. The first kappa shape index (κ1) is 19.1. The van der Waals surface area contributed by atoms with Gasteiger partial charge in [-0.3, -0.25) is 9.55 Å². The van der Waals surface area contributed by atoms with Crippen molar-refractivity contribution in [3.63, 3.8) is 0 Å². The third kappa shape index (κ3) is 3.60. The lowest BCUT2D eigenvalue weighted by molar-refractivity contribution is 0.175. The molecule has 3 aromatic heterocycles. The maximum Gasteiger partial charge on any atom is 0.297 e. The van der Waals surface area contributed by atoms with Gasteiger partial charge in [-0.1, -0.05) is 6.92 Å². The largest absolute Gasteiger partial charge is 0.481 e. The van der Waals surface area contributed by atoms with Crippen LogP contribution in [-0.4, -0.2) is 47.5 Å². The standard InChI is InChI=1S/C20H26N4O3/c1-6-14(10-12-25-3)24-16-9-11-21-18(19(16)23-20(24)27-5)15-7-8-17(26-4)22-13(15)2/h7-9,11,14H,6,10,12H2,1-5H3. The van der Waals surface area contributed by atoms with Crippen LogP contribution >= 0.6 is 0 Å². The van der Waals surface area contributed by atoms with Gasteiger partial charge in [0.15, 0.2) is 0 Å². The fourth-order valence-electron chi connectivity index (χ4n) is 3.37. The van der Waals surface area contributed by atoms with Crippen LogP contribution in [0, 0.1) is 6.92 Å². The van der Waals surface area contributed by atoms with Gasteiger partial charge in [0.05, 0.1) is 31.1 Å². The highest BCUT2D eigenvalue weighted by molar-refractivity contribution is 5.91. The van der Waals surface area contributed by atoms with E-state index in [1.165, 1.54) is 0 Å². The van der Waals surface area contributed by atoms with Crippen LogP contribution in [0.2, 0.25) is 0 Å². The Hall–Kier alpha value is -2.67. The van der Waals surface area contributed by atoms with Crippen LogP contribution in [0.25, 0.3) is 22.3 Å². The van der Waals surface area contributed by atoms with E-state index < -0.39 is 0 Å². The Bertz CT molecular complexity index is 923. The predicted octanol–water partition coefficient (Wildman–Crippen LogP) is 3.81. The molecule has 0 aliphatic rings.